The molecule has 4 saturated carbocycles. The van der Waals surface area contributed by atoms with Crippen LogP contribution in [0.2, 0.25) is 0 Å². The lowest BCUT2D eigenvalue weighted by Crippen LogP contribution is -2.64. The minimum atomic E-state index is -1.64. The number of aliphatic hydroxyl groups is 5. The molecule has 4 aliphatic carbocycles. The predicted octanol–water partition coefficient (Wildman–Crippen LogP) is 0.185. The molecule has 1 spiro atoms. The fourth-order valence-electron chi connectivity index (χ4n) is 8.15. The van der Waals surface area contributed by atoms with Gasteiger partial charge in [-0.25, -0.2) is 0 Å². The van der Waals surface area contributed by atoms with E-state index in [0.717, 1.165) is 6.42 Å². The van der Waals surface area contributed by atoms with Gasteiger partial charge in [0.25, 0.3) is 0 Å². The van der Waals surface area contributed by atoms with Crippen molar-refractivity contribution in [1.82, 2.24) is 0 Å². The summed E-state index contributed by atoms with van der Waals surface area (Å²) in [5.74, 6) is -0.921. The molecule has 11 atom stereocenters. The third-order valence-corrected chi connectivity index (χ3v) is 9.44. The van der Waals surface area contributed by atoms with Gasteiger partial charge in [-0.2, -0.15) is 0 Å². The molecular weight excluding hydrogens is 336 g/mol. The smallest absolute Gasteiger partial charge is 0.110 e. The highest BCUT2D eigenvalue weighted by molar-refractivity contribution is 5.32. The van der Waals surface area contributed by atoms with Gasteiger partial charge >= 0.3 is 0 Å². The van der Waals surface area contributed by atoms with Crippen molar-refractivity contribution < 1.29 is 30.3 Å². The number of fused-ring (bicyclic) bond motifs is 4. The van der Waals surface area contributed by atoms with E-state index >= 15 is 0 Å². The maximum atomic E-state index is 11.8. The van der Waals surface area contributed by atoms with Crippen LogP contribution < -0.4 is 0 Å². The molecule has 5 rings (SSSR count). The van der Waals surface area contributed by atoms with Crippen LogP contribution in [0.3, 0.4) is 0 Å². The second-order valence-corrected chi connectivity index (χ2v) is 11.0. The zero-order valence-electron chi connectivity index (χ0n) is 16.0. The van der Waals surface area contributed by atoms with Gasteiger partial charge in [0, 0.05) is 16.7 Å². The van der Waals surface area contributed by atoms with Crippen LogP contribution >= 0.6 is 0 Å². The van der Waals surface area contributed by atoms with Crippen LogP contribution in [0.5, 0.6) is 0 Å². The van der Waals surface area contributed by atoms with Crippen LogP contribution in [0.1, 0.15) is 53.4 Å². The Morgan fingerprint density at radius 3 is 2.23 bits per heavy atom. The van der Waals surface area contributed by atoms with E-state index in [-0.39, 0.29) is 24.0 Å². The molecule has 5 N–H and O–H groups in total. The normalized spacial score (nSPS) is 68.0. The van der Waals surface area contributed by atoms with Crippen molar-refractivity contribution >= 4 is 0 Å². The first-order chi connectivity index (χ1) is 11.8. The maximum Gasteiger partial charge on any atom is 0.110 e. The lowest BCUT2D eigenvalue weighted by molar-refractivity contribution is -0.232. The van der Waals surface area contributed by atoms with E-state index in [1.54, 1.807) is 13.8 Å². The average molecular weight is 368 g/mol. The van der Waals surface area contributed by atoms with Crippen LogP contribution in [0.4, 0.5) is 0 Å². The maximum absolute atomic E-state index is 11.8. The van der Waals surface area contributed by atoms with Gasteiger partial charge in [0.1, 0.15) is 11.7 Å². The molecule has 0 aromatic heterocycles. The number of rotatable bonds is 0. The molecule has 6 heteroatoms. The zero-order chi connectivity index (χ0) is 19.1. The lowest BCUT2D eigenvalue weighted by atomic mass is 9.58. The summed E-state index contributed by atoms with van der Waals surface area (Å²) in [6.07, 6.45) is -0.752. The van der Waals surface area contributed by atoms with Gasteiger partial charge in [0.2, 0.25) is 0 Å². The monoisotopic (exact) mass is 368 g/mol. The third-order valence-electron chi connectivity index (χ3n) is 9.44. The van der Waals surface area contributed by atoms with E-state index in [9.17, 15) is 25.5 Å². The first-order valence-corrected chi connectivity index (χ1v) is 10.0. The summed E-state index contributed by atoms with van der Waals surface area (Å²) >= 11 is 0. The first-order valence-electron chi connectivity index (χ1n) is 10.0. The minimum absolute atomic E-state index is 0.0434. The molecule has 26 heavy (non-hydrogen) atoms. The Morgan fingerprint density at radius 2 is 1.58 bits per heavy atom. The first kappa shape index (κ1) is 17.8. The molecule has 6 nitrogen and oxygen atoms in total. The molecule has 5 aliphatic rings. The summed E-state index contributed by atoms with van der Waals surface area (Å²) in [5, 5.41) is 57.1. The van der Waals surface area contributed by atoms with Crippen LogP contribution in [-0.2, 0) is 4.74 Å². The Labute approximate surface area is 154 Å². The van der Waals surface area contributed by atoms with Gasteiger partial charge in [-0.3, -0.25) is 0 Å². The summed E-state index contributed by atoms with van der Waals surface area (Å²) in [5.41, 5.74) is -5.44. The van der Waals surface area contributed by atoms with Crippen molar-refractivity contribution in [3.63, 3.8) is 0 Å². The second kappa shape index (κ2) is 4.50. The Bertz CT molecular complexity index is 659. The molecule has 1 aliphatic heterocycles. The third kappa shape index (κ3) is 1.64. The molecule has 1 heterocycles. The van der Waals surface area contributed by atoms with Crippen LogP contribution in [0.15, 0.2) is 0 Å². The van der Waals surface area contributed by atoms with Gasteiger partial charge in [-0.15, -0.1) is 0 Å². The van der Waals surface area contributed by atoms with E-state index in [2.05, 4.69) is 0 Å². The quantitative estimate of drug-likeness (QED) is 0.390. The summed E-state index contributed by atoms with van der Waals surface area (Å²) in [4.78, 5) is 0. The molecule has 5 fully saturated rings. The Hall–Kier alpha value is -0.240. The molecule has 0 radical (unpaired) electrons. The highest BCUT2D eigenvalue weighted by Crippen LogP contribution is 2.72. The van der Waals surface area contributed by atoms with Gasteiger partial charge in [-0.1, -0.05) is 13.8 Å². The van der Waals surface area contributed by atoms with Crippen molar-refractivity contribution in [2.75, 3.05) is 0 Å². The average Bonchev–Trinajstić information content (AvgIpc) is 3.24. The van der Waals surface area contributed by atoms with Gasteiger partial charge in [0.15, 0.2) is 0 Å². The van der Waals surface area contributed by atoms with E-state index < -0.39 is 45.8 Å². The number of ether oxygens (including phenoxy) is 1. The van der Waals surface area contributed by atoms with Crippen LogP contribution in [-0.4, -0.2) is 66.8 Å². The predicted molar refractivity (Wildman–Crippen MR) is 92.0 cm³/mol. The van der Waals surface area contributed by atoms with E-state index in [0.29, 0.717) is 19.3 Å². The molecule has 0 aromatic rings. The zero-order valence-corrected chi connectivity index (χ0v) is 16.0. The molecule has 0 aromatic carbocycles. The Morgan fingerprint density at radius 1 is 0.923 bits per heavy atom. The van der Waals surface area contributed by atoms with E-state index in [4.69, 9.17) is 4.74 Å². The molecule has 2 bridgehead atoms. The Balaban J connectivity index is 1.71. The molecule has 148 valence electrons. The topological polar surface area (TPSA) is 114 Å². The van der Waals surface area contributed by atoms with Gasteiger partial charge < -0.3 is 30.3 Å². The SMILES string of the molecule is CC1(C)[C@H]2O[C@H]2C2[C@](C)(O)[C@@H]3CC[C@H]4CC3(C[C@@]4(C)O)[C@H](O)[C@@H](O)[C@@]21O. The lowest BCUT2D eigenvalue weighted by Gasteiger charge is -2.50. The number of hydrogen-bond acceptors (Lipinski definition) is 6. The fraction of sp³-hybridized carbons (Fsp3) is 1.00. The van der Waals surface area contributed by atoms with Gasteiger partial charge in [0.05, 0.1) is 29.5 Å². The van der Waals surface area contributed by atoms with Crippen molar-refractivity contribution in [3.05, 3.63) is 0 Å². The minimum Gasteiger partial charge on any atom is -0.390 e. The summed E-state index contributed by atoms with van der Waals surface area (Å²) in [6.45, 7) is 7.24. The van der Waals surface area contributed by atoms with Crippen LogP contribution in [0.25, 0.3) is 0 Å². The van der Waals surface area contributed by atoms with Crippen molar-refractivity contribution in [3.8, 4) is 0 Å². The summed E-state index contributed by atoms with van der Waals surface area (Å²) < 4.78 is 5.81. The van der Waals surface area contributed by atoms with E-state index in [1.165, 1.54) is 0 Å². The largest absolute Gasteiger partial charge is 0.390 e. The number of hydrogen-bond donors (Lipinski definition) is 5. The second-order valence-electron chi connectivity index (χ2n) is 11.0. The van der Waals surface area contributed by atoms with E-state index in [1.807, 2.05) is 13.8 Å². The highest BCUT2D eigenvalue weighted by atomic mass is 16.6. The molecule has 1 saturated heterocycles. The van der Waals surface area contributed by atoms with Crippen molar-refractivity contribution in [2.45, 2.75) is 94.6 Å². The molecular formula is C20H32O6. The van der Waals surface area contributed by atoms with Crippen LogP contribution in [0, 0.1) is 28.6 Å². The number of aliphatic hydroxyl groups excluding tert-OH is 2. The number of epoxide rings is 1. The molecule has 2 unspecified atom stereocenters. The standard InChI is InChI=1S/C20H32O6/c1-16(2)15-11(26-15)12-18(4,24)10-6-5-9-7-19(10,8-17(9,3)23)13(21)14(22)20(12,16)25/h9-15,21-25H,5-8H2,1-4H3/t9-,10-,11-,12?,13+,14+,15-,17+,18+,19?,20-/m0/s1. The van der Waals surface area contributed by atoms with Crippen molar-refractivity contribution in [1.29, 1.82) is 0 Å². The van der Waals surface area contributed by atoms with Crippen molar-refractivity contribution in [2.24, 2.45) is 28.6 Å². The molecule has 0 amide bonds. The summed E-state index contributed by atoms with van der Waals surface area (Å²) in [7, 11) is 0. The fourth-order valence-corrected chi connectivity index (χ4v) is 8.15. The Kier molecular flexibility index (Phi) is 3.08. The highest BCUT2D eigenvalue weighted by Gasteiger charge is 2.83. The summed E-state index contributed by atoms with van der Waals surface area (Å²) in [6, 6.07) is 0. The van der Waals surface area contributed by atoms with Gasteiger partial charge in [-0.05, 0) is 51.4 Å².